The highest BCUT2D eigenvalue weighted by atomic mass is 16.5. The number of hydrogen-bond acceptors (Lipinski definition) is 5. The standard InChI is InChI=1S/C25H28N2O5/c1-16-25(2,22(29)15-32-16)26-24(31)20(11-17-7-9-21(28)10-8-17)12-23(30)27-13-18-5-3-4-6-19(18)14-27/h3-10,16,20,28H,11-15H2,1-2H3,(H,26,31). The minimum Gasteiger partial charge on any atom is -0.508 e. The van der Waals surface area contributed by atoms with E-state index >= 15 is 0 Å². The average Bonchev–Trinajstić information content (AvgIpc) is 3.32. The van der Waals surface area contributed by atoms with Crippen molar-refractivity contribution in [3.63, 3.8) is 0 Å². The van der Waals surface area contributed by atoms with Crippen molar-refractivity contribution in [2.24, 2.45) is 5.92 Å². The van der Waals surface area contributed by atoms with Gasteiger partial charge >= 0.3 is 0 Å². The molecule has 2 N–H and O–H groups in total. The highest BCUT2D eigenvalue weighted by Crippen LogP contribution is 2.27. The van der Waals surface area contributed by atoms with Crippen LogP contribution < -0.4 is 5.32 Å². The van der Waals surface area contributed by atoms with Gasteiger partial charge < -0.3 is 20.1 Å². The van der Waals surface area contributed by atoms with E-state index in [2.05, 4.69) is 5.32 Å². The highest BCUT2D eigenvalue weighted by Gasteiger charge is 2.47. The molecule has 0 aromatic heterocycles. The molecule has 0 bridgehead atoms. The average molecular weight is 437 g/mol. The molecule has 3 unspecified atom stereocenters. The van der Waals surface area contributed by atoms with Crippen molar-refractivity contribution in [3.8, 4) is 5.75 Å². The van der Waals surface area contributed by atoms with Gasteiger partial charge in [0.15, 0.2) is 5.78 Å². The fourth-order valence-electron chi connectivity index (χ4n) is 4.30. The Balaban J connectivity index is 1.51. The minimum atomic E-state index is -1.11. The molecular weight excluding hydrogens is 408 g/mol. The van der Waals surface area contributed by atoms with E-state index in [1.807, 2.05) is 24.3 Å². The summed E-state index contributed by atoms with van der Waals surface area (Å²) in [7, 11) is 0. The van der Waals surface area contributed by atoms with Crippen LogP contribution in [-0.2, 0) is 38.6 Å². The summed E-state index contributed by atoms with van der Waals surface area (Å²) < 4.78 is 5.42. The second-order valence-corrected chi connectivity index (χ2v) is 8.86. The summed E-state index contributed by atoms with van der Waals surface area (Å²) in [6.07, 6.45) is -0.102. The summed E-state index contributed by atoms with van der Waals surface area (Å²) in [6, 6.07) is 14.5. The SMILES string of the molecule is CC1OCC(=O)C1(C)NC(=O)C(CC(=O)N1Cc2ccccc2C1)Cc1ccc(O)cc1. The Morgan fingerprint density at radius 2 is 1.78 bits per heavy atom. The lowest BCUT2D eigenvalue weighted by atomic mass is 9.89. The van der Waals surface area contributed by atoms with Crippen LogP contribution in [0, 0.1) is 5.92 Å². The van der Waals surface area contributed by atoms with E-state index in [-0.39, 0.29) is 36.4 Å². The molecule has 7 heteroatoms. The molecular formula is C25H28N2O5. The van der Waals surface area contributed by atoms with Crippen LogP contribution in [0.4, 0.5) is 0 Å². The minimum absolute atomic E-state index is 0.0280. The van der Waals surface area contributed by atoms with Gasteiger partial charge in [-0.15, -0.1) is 0 Å². The van der Waals surface area contributed by atoms with Gasteiger partial charge in [0.1, 0.15) is 17.9 Å². The molecule has 0 aliphatic carbocycles. The molecule has 7 nitrogen and oxygen atoms in total. The van der Waals surface area contributed by atoms with Gasteiger partial charge in [-0.3, -0.25) is 14.4 Å². The second-order valence-electron chi connectivity index (χ2n) is 8.86. The molecule has 3 atom stereocenters. The van der Waals surface area contributed by atoms with Crippen LogP contribution in [0.3, 0.4) is 0 Å². The molecule has 4 rings (SSSR count). The van der Waals surface area contributed by atoms with Crippen molar-refractivity contribution in [1.29, 1.82) is 0 Å². The summed E-state index contributed by atoms with van der Waals surface area (Å²) in [5, 5.41) is 12.4. The van der Waals surface area contributed by atoms with Gasteiger partial charge in [-0.05, 0) is 49.1 Å². The van der Waals surface area contributed by atoms with Crippen LogP contribution in [-0.4, -0.2) is 45.9 Å². The molecule has 0 saturated carbocycles. The Bertz CT molecular complexity index is 1010. The van der Waals surface area contributed by atoms with Gasteiger partial charge in [0.25, 0.3) is 0 Å². The summed E-state index contributed by atoms with van der Waals surface area (Å²) in [4.78, 5) is 40.6. The quantitative estimate of drug-likeness (QED) is 0.725. The first-order valence-electron chi connectivity index (χ1n) is 10.9. The molecule has 2 heterocycles. The lowest BCUT2D eigenvalue weighted by Crippen LogP contribution is -2.57. The molecule has 2 aliphatic rings. The number of fused-ring (bicyclic) bond motifs is 1. The topological polar surface area (TPSA) is 95.9 Å². The summed E-state index contributed by atoms with van der Waals surface area (Å²) >= 11 is 0. The number of nitrogens with one attached hydrogen (secondary N) is 1. The zero-order valence-electron chi connectivity index (χ0n) is 18.3. The van der Waals surface area contributed by atoms with E-state index in [1.165, 1.54) is 0 Å². The summed E-state index contributed by atoms with van der Waals surface area (Å²) in [6.45, 7) is 4.45. The van der Waals surface area contributed by atoms with Crippen molar-refractivity contribution >= 4 is 17.6 Å². The van der Waals surface area contributed by atoms with Gasteiger partial charge in [0.2, 0.25) is 11.8 Å². The number of carbonyl (C=O) groups excluding carboxylic acids is 3. The van der Waals surface area contributed by atoms with Crippen molar-refractivity contribution in [1.82, 2.24) is 10.2 Å². The number of amides is 2. The fraction of sp³-hybridized carbons (Fsp3) is 0.400. The molecule has 168 valence electrons. The number of hydrogen-bond donors (Lipinski definition) is 2. The van der Waals surface area contributed by atoms with E-state index < -0.39 is 17.6 Å². The predicted octanol–water partition coefficient (Wildman–Crippen LogP) is 2.35. The molecule has 2 aromatic carbocycles. The zero-order chi connectivity index (χ0) is 22.9. The molecule has 2 amide bonds. The molecule has 2 aromatic rings. The van der Waals surface area contributed by atoms with Gasteiger partial charge in [-0.25, -0.2) is 0 Å². The van der Waals surface area contributed by atoms with E-state index in [1.54, 1.807) is 43.0 Å². The highest BCUT2D eigenvalue weighted by molar-refractivity contribution is 5.96. The number of aromatic hydroxyl groups is 1. The summed E-state index contributed by atoms with van der Waals surface area (Å²) in [5.41, 5.74) is 1.95. The molecule has 0 spiro atoms. The van der Waals surface area contributed by atoms with Gasteiger partial charge in [-0.1, -0.05) is 36.4 Å². The molecule has 0 radical (unpaired) electrons. The van der Waals surface area contributed by atoms with Crippen molar-refractivity contribution < 1.29 is 24.2 Å². The Hall–Kier alpha value is -3.19. The van der Waals surface area contributed by atoms with Gasteiger partial charge in [-0.2, -0.15) is 0 Å². The Kier molecular flexibility index (Phi) is 6.02. The number of phenols is 1. The largest absolute Gasteiger partial charge is 0.508 e. The number of rotatable bonds is 6. The molecule has 1 saturated heterocycles. The van der Waals surface area contributed by atoms with E-state index in [4.69, 9.17) is 4.74 Å². The van der Waals surface area contributed by atoms with E-state index in [0.717, 1.165) is 16.7 Å². The van der Waals surface area contributed by atoms with Crippen LogP contribution in [0.1, 0.15) is 37.0 Å². The Morgan fingerprint density at radius 1 is 1.16 bits per heavy atom. The number of ether oxygens (including phenoxy) is 1. The third-order valence-corrected chi connectivity index (χ3v) is 6.64. The van der Waals surface area contributed by atoms with Crippen molar-refractivity contribution in [3.05, 3.63) is 65.2 Å². The molecule has 2 aliphatic heterocycles. The van der Waals surface area contributed by atoms with Gasteiger partial charge in [0, 0.05) is 19.5 Å². The van der Waals surface area contributed by atoms with Crippen LogP contribution in [0.15, 0.2) is 48.5 Å². The normalized spacial score (nSPS) is 23.1. The van der Waals surface area contributed by atoms with E-state index in [9.17, 15) is 19.5 Å². The fourth-order valence-corrected chi connectivity index (χ4v) is 4.30. The van der Waals surface area contributed by atoms with Crippen molar-refractivity contribution in [2.75, 3.05) is 6.61 Å². The predicted molar refractivity (Wildman–Crippen MR) is 118 cm³/mol. The number of benzene rings is 2. The Morgan fingerprint density at radius 3 is 2.34 bits per heavy atom. The maximum absolute atomic E-state index is 13.3. The number of Topliss-reactive ketones (excluding diaryl/α,β-unsaturated/α-hetero) is 1. The lowest BCUT2D eigenvalue weighted by molar-refractivity contribution is -0.138. The Labute approximate surface area is 187 Å². The molecule has 1 fully saturated rings. The number of ketones is 1. The number of phenolic OH excluding ortho intramolecular Hbond substituents is 1. The first-order valence-corrected chi connectivity index (χ1v) is 10.9. The second kappa shape index (κ2) is 8.74. The summed E-state index contributed by atoms with van der Waals surface area (Å²) in [5.74, 6) is -1.16. The van der Waals surface area contributed by atoms with Crippen LogP contribution in [0.5, 0.6) is 5.75 Å². The zero-order valence-corrected chi connectivity index (χ0v) is 18.3. The smallest absolute Gasteiger partial charge is 0.224 e. The van der Waals surface area contributed by atoms with Crippen LogP contribution in [0.25, 0.3) is 0 Å². The van der Waals surface area contributed by atoms with Gasteiger partial charge in [0.05, 0.1) is 12.0 Å². The number of nitrogens with zero attached hydrogens (tertiary/aromatic N) is 1. The van der Waals surface area contributed by atoms with Crippen LogP contribution in [0.2, 0.25) is 0 Å². The molecule has 32 heavy (non-hydrogen) atoms. The first-order chi connectivity index (χ1) is 15.3. The maximum atomic E-state index is 13.3. The van der Waals surface area contributed by atoms with Crippen LogP contribution >= 0.6 is 0 Å². The third-order valence-electron chi connectivity index (χ3n) is 6.64. The number of carbonyl (C=O) groups is 3. The maximum Gasteiger partial charge on any atom is 0.224 e. The third kappa shape index (κ3) is 4.39. The monoisotopic (exact) mass is 436 g/mol. The first kappa shape index (κ1) is 22.0. The van der Waals surface area contributed by atoms with E-state index in [0.29, 0.717) is 19.5 Å². The van der Waals surface area contributed by atoms with Crippen molar-refractivity contribution in [2.45, 2.75) is 51.4 Å². The lowest BCUT2D eigenvalue weighted by Gasteiger charge is -2.30.